The van der Waals surface area contributed by atoms with Crippen LogP contribution in [0.1, 0.15) is 36.1 Å². The van der Waals surface area contributed by atoms with E-state index in [2.05, 4.69) is 25.8 Å². The van der Waals surface area contributed by atoms with Gasteiger partial charge in [0, 0.05) is 18.1 Å². The second-order valence-corrected chi connectivity index (χ2v) is 8.18. The van der Waals surface area contributed by atoms with Gasteiger partial charge in [0.25, 0.3) is 5.91 Å². The first kappa shape index (κ1) is 21.3. The van der Waals surface area contributed by atoms with Gasteiger partial charge in [0.2, 0.25) is 5.91 Å². The van der Waals surface area contributed by atoms with E-state index in [0.29, 0.717) is 33.2 Å². The maximum absolute atomic E-state index is 12.5. The number of hydrogen-bond acceptors (Lipinski definition) is 7. The molecule has 0 radical (unpaired) electrons. The van der Waals surface area contributed by atoms with E-state index in [1.807, 2.05) is 18.4 Å². The third-order valence-electron chi connectivity index (χ3n) is 3.93. The molecule has 0 bridgehead atoms. The Balaban J connectivity index is 1.64. The summed E-state index contributed by atoms with van der Waals surface area (Å²) in [6.07, 6.45) is 1.63. The Morgan fingerprint density at radius 3 is 2.79 bits per heavy atom. The Bertz CT molecular complexity index is 992. The van der Waals surface area contributed by atoms with Crippen LogP contribution in [-0.4, -0.2) is 37.3 Å². The van der Waals surface area contributed by atoms with E-state index in [4.69, 9.17) is 11.6 Å². The van der Waals surface area contributed by atoms with E-state index in [9.17, 15) is 9.59 Å². The fourth-order valence-electron chi connectivity index (χ4n) is 2.58. The lowest BCUT2D eigenvalue weighted by Gasteiger charge is -2.15. The second kappa shape index (κ2) is 9.86. The largest absolute Gasteiger partial charge is 0.342 e. The van der Waals surface area contributed by atoms with E-state index >= 15 is 0 Å². The lowest BCUT2D eigenvalue weighted by Crippen LogP contribution is -2.29. The molecule has 0 spiro atoms. The number of halogens is 1. The van der Waals surface area contributed by atoms with E-state index in [0.717, 1.165) is 0 Å². The molecule has 0 saturated carbocycles. The molecule has 2 aromatic heterocycles. The molecule has 3 rings (SSSR count). The molecule has 1 aromatic carbocycles. The Hall–Kier alpha value is -2.43. The molecular formula is C18H19ClN6O2S2. The first-order chi connectivity index (χ1) is 14.0. The summed E-state index contributed by atoms with van der Waals surface area (Å²) in [5.41, 5.74) is 0.400. The van der Waals surface area contributed by atoms with Crippen molar-refractivity contribution in [2.45, 2.75) is 31.6 Å². The maximum atomic E-state index is 12.5. The van der Waals surface area contributed by atoms with E-state index in [1.54, 1.807) is 35.8 Å². The monoisotopic (exact) mass is 450 g/mol. The van der Waals surface area contributed by atoms with E-state index in [-0.39, 0.29) is 23.6 Å². The molecule has 2 heterocycles. The number of thiazole rings is 1. The molecule has 152 valence electrons. The molecule has 2 amide bonds. The summed E-state index contributed by atoms with van der Waals surface area (Å²) in [4.78, 5) is 28.6. The number of thioether (sulfide) groups is 1. The highest BCUT2D eigenvalue weighted by atomic mass is 35.5. The van der Waals surface area contributed by atoms with Crippen LogP contribution in [0.2, 0.25) is 5.02 Å². The molecule has 2 N–H and O–H groups in total. The number of amides is 2. The van der Waals surface area contributed by atoms with Crippen molar-refractivity contribution in [2.75, 3.05) is 11.1 Å². The van der Waals surface area contributed by atoms with Gasteiger partial charge in [0.1, 0.15) is 0 Å². The van der Waals surface area contributed by atoms with Crippen molar-refractivity contribution in [3.8, 4) is 0 Å². The summed E-state index contributed by atoms with van der Waals surface area (Å²) < 4.78 is 1.87. The highest BCUT2D eigenvalue weighted by Crippen LogP contribution is 2.22. The van der Waals surface area contributed by atoms with Gasteiger partial charge >= 0.3 is 0 Å². The Morgan fingerprint density at radius 1 is 1.31 bits per heavy atom. The third kappa shape index (κ3) is 5.34. The average molecular weight is 451 g/mol. The van der Waals surface area contributed by atoms with Gasteiger partial charge in [0.05, 0.1) is 22.4 Å². The van der Waals surface area contributed by atoms with Crippen molar-refractivity contribution in [1.29, 1.82) is 0 Å². The van der Waals surface area contributed by atoms with Crippen LogP contribution < -0.4 is 10.6 Å². The van der Waals surface area contributed by atoms with E-state index < -0.39 is 0 Å². The van der Waals surface area contributed by atoms with Crippen LogP contribution in [0.3, 0.4) is 0 Å². The zero-order chi connectivity index (χ0) is 20.8. The van der Waals surface area contributed by atoms with Gasteiger partial charge in [-0.05, 0) is 26.0 Å². The van der Waals surface area contributed by atoms with E-state index in [1.165, 1.54) is 23.1 Å². The molecule has 0 unspecified atom stereocenters. The lowest BCUT2D eigenvalue weighted by molar-refractivity contribution is -0.113. The minimum atomic E-state index is -0.385. The molecule has 11 heteroatoms. The number of carbonyl (C=O) groups excluding carboxylic acids is 2. The normalized spacial score (nSPS) is 11.8. The van der Waals surface area contributed by atoms with Crippen molar-refractivity contribution in [3.63, 3.8) is 0 Å². The molecule has 0 saturated heterocycles. The summed E-state index contributed by atoms with van der Waals surface area (Å²) in [5.74, 6) is 0.330. The van der Waals surface area contributed by atoms with Gasteiger partial charge in [-0.1, -0.05) is 35.5 Å². The molecular weight excluding hydrogens is 432 g/mol. The third-order valence-corrected chi connectivity index (χ3v) is 5.91. The Morgan fingerprint density at radius 2 is 2.10 bits per heavy atom. The predicted octanol–water partition coefficient (Wildman–Crippen LogP) is 3.63. The maximum Gasteiger partial charge on any atom is 0.253 e. The quantitative estimate of drug-likeness (QED) is 0.508. The minimum absolute atomic E-state index is 0.169. The van der Waals surface area contributed by atoms with Crippen LogP contribution in [0, 0.1) is 0 Å². The lowest BCUT2D eigenvalue weighted by atomic mass is 10.2. The van der Waals surface area contributed by atoms with Crippen molar-refractivity contribution in [1.82, 2.24) is 25.1 Å². The van der Waals surface area contributed by atoms with Gasteiger partial charge in [-0.2, -0.15) is 0 Å². The number of nitrogens with zero attached hydrogens (tertiary/aromatic N) is 4. The van der Waals surface area contributed by atoms with Crippen LogP contribution in [0.15, 0.2) is 41.0 Å². The van der Waals surface area contributed by atoms with Crippen LogP contribution >= 0.6 is 34.7 Å². The summed E-state index contributed by atoms with van der Waals surface area (Å²) in [5, 5.41) is 17.4. The van der Waals surface area contributed by atoms with Crippen molar-refractivity contribution < 1.29 is 9.59 Å². The molecule has 0 aliphatic heterocycles. The molecule has 0 aliphatic carbocycles. The zero-order valence-corrected chi connectivity index (χ0v) is 18.1. The van der Waals surface area contributed by atoms with Crippen LogP contribution in [-0.2, 0) is 11.3 Å². The van der Waals surface area contributed by atoms with Gasteiger partial charge < -0.3 is 15.2 Å². The number of benzene rings is 1. The molecule has 1 atom stereocenters. The smallest absolute Gasteiger partial charge is 0.253 e. The SMILES string of the molecule is CCn1c(SCC(=O)Nc2nccs2)nnc1[C@H](C)NC(=O)c1ccccc1Cl. The van der Waals surface area contributed by atoms with Crippen molar-refractivity contribution in [3.05, 3.63) is 52.3 Å². The summed E-state index contributed by atoms with van der Waals surface area (Å²) >= 11 is 8.73. The second-order valence-electron chi connectivity index (χ2n) is 5.93. The fourth-order valence-corrected chi connectivity index (χ4v) is 4.16. The molecule has 3 aromatic rings. The number of hydrogen-bond donors (Lipinski definition) is 2. The highest BCUT2D eigenvalue weighted by molar-refractivity contribution is 7.99. The van der Waals surface area contributed by atoms with Crippen LogP contribution in [0.5, 0.6) is 0 Å². The Kier molecular flexibility index (Phi) is 7.24. The first-order valence-electron chi connectivity index (χ1n) is 8.80. The molecule has 0 fully saturated rings. The molecule has 0 aliphatic rings. The van der Waals surface area contributed by atoms with Gasteiger partial charge in [0.15, 0.2) is 16.1 Å². The van der Waals surface area contributed by atoms with Gasteiger partial charge in [-0.25, -0.2) is 4.98 Å². The molecule has 29 heavy (non-hydrogen) atoms. The number of nitrogens with one attached hydrogen (secondary N) is 2. The first-order valence-corrected chi connectivity index (χ1v) is 11.0. The number of anilines is 1. The molecule has 8 nitrogen and oxygen atoms in total. The van der Waals surface area contributed by atoms with Crippen LogP contribution in [0.4, 0.5) is 5.13 Å². The summed E-state index contributed by atoms with van der Waals surface area (Å²) in [6, 6.07) is 6.47. The summed E-state index contributed by atoms with van der Waals surface area (Å²) in [7, 11) is 0. The Labute approximate surface area is 181 Å². The average Bonchev–Trinajstić information content (AvgIpc) is 3.35. The van der Waals surface area contributed by atoms with Gasteiger partial charge in [-0.3, -0.25) is 9.59 Å². The highest BCUT2D eigenvalue weighted by Gasteiger charge is 2.21. The topological polar surface area (TPSA) is 102 Å². The number of rotatable bonds is 8. The fraction of sp³-hybridized carbons (Fsp3) is 0.278. The predicted molar refractivity (Wildman–Crippen MR) is 114 cm³/mol. The standard InChI is InChI=1S/C18H19ClN6O2S2/c1-3-25-15(11(2)21-16(27)12-6-4-5-7-13(12)19)23-24-18(25)29-10-14(26)22-17-20-8-9-28-17/h4-9,11H,3,10H2,1-2H3,(H,21,27)(H,20,22,26)/t11-/m0/s1. The number of aromatic nitrogens is 4. The number of carbonyl (C=O) groups is 2. The zero-order valence-electron chi connectivity index (χ0n) is 15.8. The minimum Gasteiger partial charge on any atom is -0.342 e. The van der Waals surface area contributed by atoms with Crippen LogP contribution in [0.25, 0.3) is 0 Å². The van der Waals surface area contributed by atoms with Gasteiger partial charge in [-0.15, -0.1) is 21.5 Å². The van der Waals surface area contributed by atoms with Crippen molar-refractivity contribution in [2.24, 2.45) is 0 Å². The summed E-state index contributed by atoms with van der Waals surface area (Å²) in [6.45, 7) is 4.38. The van der Waals surface area contributed by atoms with Crippen molar-refractivity contribution >= 4 is 51.6 Å².